The van der Waals surface area contributed by atoms with Gasteiger partial charge in [-0.25, -0.2) is 9.97 Å². The molecule has 14 heavy (non-hydrogen) atoms. The first kappa shape index (κ1) is 9.87. The Labute approximate surface area is 88.5 Å². The summed E-state index contributed by atoms with van der Waals surface area (Å²) in [6, 6.07) is 0. The van der Waals surface area contributed by atoms with E-state index in [1.807, 2.05) is 6.92 Å². The molecule has 1 saturated heterocycles. The van der Waals surface area contributed by atoms with Crippen molar-refractivity contribution in [2.24, 2.45) is 0 Å². The van der Waals surface area contributed by atoms with E-state index < -0.39 is 0 Å². The van der Waals surface area contributed by atoms with Crippen molar-refractivity contribution in [2.75, 3.05) is 6.61 Å². The summed E-state index contributed by atoms with van der Waals surface area (Å²) in [4.78, 5) is 8.57. The summed E-state index contributed by atoms with van der Waals surface area (Å²) >= 11 is 5.66. The van der Waals surface area contributed by atoms with E-state index in [9.17, 15) is 0 Å². The average Bonchev–Trinajstić information content (AvgIpc) is 2.67. The fourth-order valence-corrected chi connectivity index (χ4v) is 1.79. The SMILES string of the molecule is CC1(c2ncc(CCl)cn2)CCCO1. The zero-order chi connectivity index (χ0) is 10.0. The first-order valence-corrected chi connectivity index (χ1v) is 5.29. The molecular formula is C10H13ClN2O. The van der Waals surface area contributed by atoms with Gasteiger partial charge in [-0.2, -0.15) is 0 Å². The second-order valence-electron chi connectivity index (χ2n) is 3.73. The molecule has 1 fully saturated rings. The Hall–Kier alpha value is -0.670. The van der Waals surface area contributed by atoms with Crippen molar-refractivity contribution < 1.29 is 4.74 Å². The number of alkyl halides is 1. The molecule has 1 aromatic heterocycles. The zero-order valence-corrected chi connectivity index (χ0v) is 8.92. The van der Waals surface area contributed by atoms with Crippen molar-refractivity contribution in [3.05, 3.63) is 23.8 Å². The molecule has 0 aliphatic carbocycles. The predicted octanol–water partition coefficient (Wildman–Crippen LogP) is 2.24. The van der Waals surface area contributed by atoms with Crippen LogP contribution in [0.2, 0.25) is 0 Å². The molecule has 0 radical (unpaired) electrons. The van der Waals surface area contributed by atoms with E-state index in [0.29, 0.717) is 5.88 Å². The topological polar surface area (TPSA) is 35.0 Å². The van der Waals surface area contributed by atoms with Gasteiger partial charge in [-0.05, 0) is 19.8 Å². The van der Waals surface area contributed by atoms with Crippen molar-refractivity contribution in [1.29, 1.82) is 0 Å². The minimum atomic E-state index is -0.287. The van der Waals surface area contributed by atoms with Gasteiger partial charge in [0.1, 0.15) is 5.60 Å². The predicted molar refractivity (Wildman–Crippen MR) is 54.1 cm³/mol. The number of halogens is 1. The van der Waals surface area contributed by atoms with Gasteiger partial charge in [-0.1, -0.05) is 0 Å². The van der Waals surface area contributed by atoms with Crippen molar-refractivity contribution in [2.45, 2.75) is 31.2 Å². The maximum Gasteiger partial charge on any atom is 0.159 e. The Morgan fingerprint density at radius 3 is 2.71 bits per heavy atom. The smallest absolute Gasteiger partial charge is 0.159 e. The third kappa shape index (κ3) is 1.74. The number of hydrogen-bond donors (Lipinski definition) is 0. The Balaban J connectivity index is 2.23. The van der Waals surface area contributed by atoms with E-state index >= 15 is 0 Å². The molecular weight excluding hydrogens is 200 g/mol. The van der Waals surface area contributed by atoms with E-state index in [1.165, 1.54) is 0 Å². The maximum atomic E-state index is 5.66. The van der Waals surface area contributed by atoms with Crippen LogP contribution in [0.15, 0.2) is 12.4 Å². The maximum absolute atomic E-state index is 5.66. The Morgan fingerprint density at radius 2 is 2.21 bits per heavy atom. The van der Waals surface area contributed by atoms with Gasteiger partial charge in [0.05, 0.1) is 5.88 Å². The summed E-state index contributed by atoms with van der Waals surface area (Å²) in [6.07, 6.45) is 5.61. The number of hydrogen-bond acceptors (Lipinski definition) is 3. The van der Waals surface area contributed by atoms with Gasteiger partial charge in [-0.3, -0.25) is 0 Å². The fourth-order valence-electron chi connectivity index (χ4n) is 1.65. The summed E-state index contributed by atoms with van der Waals surface area (Å²) < 4.78 is 5.64. The Morgan fingerprint density at radius 1 is 1.50 bits per heavy atom. The van der Waals surface area contributed by atoms with Gasteiger partial charge in [0.15, 0.2) is 5.82 Å². The van der Waals surface area contributed by atoms with E-state index in [1.54, 1.807) is 12.4 Å². The first-order chi connectivity index (χ1) is 6.74. The Kier molecular flexibility index (Phi) is 2.70. The van der Waals surface area contributed by atoms with E-state index in [4.69, 9.17) is 16.3 Å². The molecule has 1 aliphatic rings. The third-order valence-corrected chi connectivity index (χ3v) is 2.86. The van der Waals surface area contributed by atoms with Crippen LogP contribution in [0.3, 0.4) is 0 Å². The van der Waals surface area contributed by atoms with Gasteiger partial charge in [0.2, 0.25) is 0 Å². The van der Waals surface area contributed by atoms with Crippen LogP contribution >= 0.6 is 11.6 Å². The van der Waals surface area contributed by atoms with Crippen LogP contribution in [-0.4, -0.2) is 16.6 Å². The molecule has 1 unspecified atom stereocenters. The highest BCUT2D eigenvalue weighted by atomic mass is 35.5. The lowest BCUT2D eigenvalue weighted by Gasteiger charge is -2.20. The Bertz CT molecular complexity index is 306. The first-order valence-electron chi connectivity index (χ1n) is 4.76. The van der Waals surface area contributed by atoms with Gasteiger partial charge < -0.3 is 4.74 Å². The third-order valence-electron chi connectivity index (χ3n) is 2.55. The second kappa shape index (κ2) is 3.83. The van der Waals surface area contributed by atoms with Gasteiger partial charge >= 0.3 is 0 Å². The molecule has 76 valence electrons. The van der Waals surface area contributed by atoms with E-state index in [-0.39, 0.29) is 5.60 Å². The minimum Gasteiger partial charge on any atom is -0.367 e. The number of aromatic nitrogens is 2. The van der Waals surface area contributed by atoms with Crippen molar-refractivity contribution in [3.63, 3.8) is 0 Å². The van der Waals surface area contributed by atoms with Crippen LogP contribution in [0.4, 0.5) is 0 Å². The summed E-state index contributed by atoms with van der Waals surface area (Å²) in [7, 11) is 0. The molecule has 0 spiro atoms. The molecule has 2 heterocycles. The van der Waals surface area contributed by atoms with Crippen LogP contribution in [0.25, 0.3) is 0 Å². The zero-order valence-electron chi connectivity index (χ0n) is 8.16. The summed E-state index contributed by atoms with van der Waals surface area (Å²) in [6.45, 7) is 2.84. The van der Waals surface area contributed by atoms with Gasteiger partial charge in [0.25, 0.3) is 0 Å². The van der Waals surface area contributed by atoms with E-state index in [2.05, 4.69) is 9.97 Å². The monoisotopic (exact) mass is 212 g/mol. The van der Waals surface area contributed by atoms with Crippen molar-refractivity contribution in [3.8, 4) is 0 Å². The van der Waals surface area contributed by atoms with Gasteiger partial charge in [0, 0.05) is 24.6 Å². The summed E-state index contributed by atoms with van der Waals surface area (Å²) in [5, 5.41) is 0. The van der Waals surface area contributed by atoms with Gasteiger partial charge in [-0.15, -0.1) is 11.6 Å². The molecule has 0 bridgehead atoms. The molecule has 4 heteroatoms. The fraction of sp³-hybridized carbons (Fsp3) is 0.600. The molecule has 0 saturated carbocycles. The lowest BCUT2D eigenvalue weighted by atomic mass is 10.0. The molecule has 2 rings (SSSR count). The number of ether oxygens (including phenoxy) is 1. The summed E-state index contributed by atoms with van der Waals surface area (Å²) in [5.41, 5.74) is 0.655. The number of nitrogens with zero attached hydrogens (tertiary/aromatic N) is 2. The van der Waals surface area contributed by atoms with Crippen LogP contribution < -0.4 is 0 Å². The lowest BCUT2D eigenvalue weighted by Crippen LogP contribution is -2.23. The molecule has 0 aromatic carbocycles. The van der Waals surface area contributed by atoms with Crippen LogP contribution in [-0.2, 0) is 16.2 Å². The lowest BCUT2D eigenvalue weighted by molar-refractivity contribution is 0.00928. The average molecular weight is 213 g/mol. The molecule has 3 nitrogen and oxygen atoms in total. The largest absolute Gasteiger partial charge is 0.367 e. The molecule has 1 atom stereocenters. The van der Waals surface area contributed by atoms with Crippen molar-refractivity contribution >= 4 is 11.6 Å². The molecule has 0 N–H and O–H groups in total. The minimum absolute atomic E-state index is 0.287. The van der Waals surface area contributed by atoms with Crippen molar-refractivity contribution in [1.82, 2.24) is 9.97 Å². The highest BCUT2D eigenvalue weighted by Gasteiger charge is 2.34. The van der Waals surface area contributed by atoms with Crippen LogP contribution in [0.5, 0.6) is 0 Å². The molecule has 1 aliphatic heterocycles. The van der Waals surface area contributed by atoms with E-state index in [0.717, 1.165) is 30.8 Å². The standard InChI is InChI=1S/C10H13ClN2O/c1-10(3-2-4-14-10)9-12-6-8(5-11)7-13-9/h6-7H,2-5H2,1H3. The molecule has 1 aromatic rings. The summed E-state index contributed by atoms with van der Waals surface area (Å²) in [5.74, 6) is 1.22. The normalized spacial score (nSPS) is 26.7. The highest BCUT2D eigenvalue weighted by Crippen LogP contribution is 2.32. The van der Waals surface area contributed by atoms with Crippen LogP contribution in [0.1, 0.15) is 31.2 Å². The number of rotatable bonds is 2. The highest BCUT2D eigenvalue weighted by molar-refractivity contribution is 6.17. The molecule has 0 amide bonds. The van der Waals surface area contributed by atoms with Crippen LogP contribution in [0, 0.1) is 0 Å². The quantitative estimate of drug-likeness (QED) is 0.706. The second-order valence-corrected chi connectivity index (χ2v) is 4.00.